The highest BCUT2D eigenvalue weighted by molar-refractivity contribution is 6.26. The molecule has 0 aliphatic carbocycles. The van der Waals surface area contributed by atoms with E-state index in [0.29, 0.717) is 24.1 Å². The lowest BCUT2D eigenvalue weighted by atomic mass is 9.85. The molecule has 0 spiro atoms. The number of hydrogen-bond donors (Lipinski definition) is 0. The molecule has 0 fully saturated rings. The van der Waals surface area contributed by atoms with Gasteiger partial charge in [0, 0.05) is 30.6 Å². The van der Waals surface area contributed by atoms with Gasteiger partial charge in [-0.3, -0.25) is 0 Å². The third-order valence-electron chi connectivity index (χ3n) is 5.66. The van der Waals surface area contributed by atoms with Crippen LogP contribution < -0.4 is 4.90 Å². The van der Waals surface area contributed by atoms with Crippen molar-refractivity contribution in [3.63, 3.8) is 0 Å². The van der Waals surface area contributed by atoms with Crippen LogP contribution in [0.3, 0.4) is 0 Å². The van der Waals surface area contributed by atoms with Crippen molar-refractivity contribution in [2.45, 2.75) is 70.9 Å². The average Bonchev–Trinajstić information content (AvgIpc) is 3.14. The van der Waals surface area contributed by atoms with Gasteiger partial charge in [0.1, 0.15) is 5.71 Å². The van der Waals surface area contributed by atoms with E-state index in [0.717, 1.165) is 0 Å². The van der Waals surface area contributed by atoms with Crippen LogP contribution in [-0.4, -0.2) is 48.7 Å². The number of rotatable bonds is 10. The van der Waals surface area contributed by atoms with Crippen molar-refractivity contribution in [3.8, 4) is 0 Å². The first-order chi connectivity index (χ1) is 16.8. The van der Waals surface area contributed by atoms with E-state index < -0.39 is 48.3 Å². The molecule has 0 radical (unpaired) electrons. The van der Waals surface area contributed by atoms with Crippen LogP contribution in [0.5, 0.6) is 0 Å². The van der Waals surface area contributed by atoms with E-state index in [1.54, 1.807) is 6.92 Å². The Balaban J connectivity index is 2.27. The third kappa shape index (κ3) is 6.40. The molecule has 37 heavy (non-hydrogen) atoms. The first-order valence-electron chi connectivity index (χ1n) is 11.3. The van der Waals surface area contributed by atoms with E-state index in [2.05, 4.69) is 5.16 Å². The summed E-state index contributed by atoms with van der Waals surface area (Å²) < 4.78 is 119. The smallest absolute Gasteiger partial charge is 0.371 e. The van der Waals surface area contributed by atoms with Crippen LogP contribution in [0.15, 0.2) is 35.0 Å². The van der Waals surface area contributed by atoms with Gasteiger partial charge in [-0.2, -0.15) is 39.5 Å². The molecule has 208 valence electrons. The topological polar surface area (TPSA) is 41.9 Å². The summed E-state index contributed by atoms with van der Waals surface area (Å²) in [5, 5.41) is 3.78. The third-order valence-corrected chi connectivity index (χ3v) is 5.66. The lowest BCUT2D eigenvalue weighted by molar-refractivity contribution is -0.396. The van der Waals surface area contributed by atoms with E-state index in [9.17, 15) is 44.3 Å². The van der Waals surface area contributed by atoms with E-state index in [1.807, 2.05) is 20.8 Å². The number of benzene rings is 1. The summed E-state index contributed by atoms with van der Waals surface area (Å²) in [6.45, 7) is 6.36. The molecular formula is C24H27F9N2O2. The van der Waals surface area contributed by atoms with Crippen molar-refractivity contribution in [3.05, 3.63) is 35.4 Å². The van der Waals surface area contributed by atoms with Gasteiger partial charge in [0.15, 0.2) is 0 Å². The van der Waals surface area contributed by atoms with Crippen LogP contribution >= 0.6 is 0 Å². The summed E-state index contributed by atoms with van der Waals surface area (Å²) >= 11 is 0. The van der Waals surface area contributed by atoms with E-state index in [1.165, 1.54) is 35.2 Å². The largest absolute Gasteiger partial charge is 0.460 e. The molecular weight excluding hydrogens is 519 g/mol. The number of nitrogens with zero attached hydrogens (tertiary/aromatic N) is 2. The number of carbonyl (C=O) groups excluding carboxylic acids is 1. The van der Waals surface area contributed by atoms with Crippen LogP contribution in [0.25, 0.3) is 6.08 Å². The molecule has 1 aromatic carbocycles. The molecule has 1 aromatic rings. The Hall–Kier alpha value is -2.73. The van der Waals surface area contributed by atoms with Crippen molar-refractivity contribution >= 4 is 23.4 Å². The van der Waals surface area contributed by atoms with Crippen molar-refractivity contribution in [1.82, 2.24) is 0 Å². The molecule has 1 aliphatic rings. The quantitative estimate of drug-likeness (QED) is 0.174. The van der Waals surface area contributed by atoms with Crippen LogP contribution in [-0.2, 0) is 9.63 Å². The Kier molecular flexibility index (Phi) is 8.71. The summed E-state index contributed by atoms with van der Waals surface area (Å²) in [7, 11) is 0. The minimum absolute atomic E-state index is 0.0570. The number of hydrogen-bond acceptors (Lipinski definition) is 4. The number of carbonyl (C=O) groups is 1. The molecule has 0 amide bonds. The van der Waals surface area contributed by atoms with Gasteiger partial charge in [0.25, 0.3) is 0 Å². The number of anilines is 1. The molecule has 2 rings (SSSR count). The molecule has 1 aliphatic heterocycles. The maximum atomic E-state index is 14.1. The molecule has 0 atom stereocenters. The molecule has 0 unspecified atom stereocenters. The van der Waals surface area contributed by atoms with Crippen molar-refractivity contribution in [2.24, 2.45) is 10.6 Å². The highest BCUT2D eigenvalue weighted by Crippen LogP contribution is 2.54. The van der Waals surface area contributed by atoms with Crippen molar-refractivity contribution in [1.29, 1.82) is 0 Å². The summed E-state index contributed by atoms with van der Waals surface area (Å²) in [5.74, 6) is -19.9. The number of unbranched alkanes of at least 4 members (excludes halogenated alkanes) is 1. The maximum absolute atomic E-state index is 14.1. The summed E-state index contributed by atoms with van der Waals surface area (Å²) in [6, 6.07) is 5.85. The van der Waals surface area contributed by atoms with Gasteiger partial charge in [0.05, 0.1) is 5.57 Å². The molecule has 0 saturated heterocycles. The fourth-order valence-corrected chi connectivity index (χ4v) is 3.46. The Morgan fingerprint density at radius 2 is 1.46 bits per heavy atom. The van der Waals surface area contributed by atoms with Gasteiger partial charge < -0.3 is 9.74 Å². The lowest BCUT2D eigenvalue weighted by Gasteiger charge is -2.35. The van der Waals surface area contributed by atoms with Gasteiger partial charge >= 0.3 is 29.9 Å². The molecule has 13 heteroatoms. The van der Waals surface area contributed by atoms with E-state index in [4.69, 9.17) is 4.84 Å². The summed E-state index contributed by atoms with van der Waals surface area (Å²) in [5.41, 5.74) is 0.841. The van der Waals surface area contributed by atoms with Crippen LogP contribution in [0.4, 0.5) is 45.2 Å². The minimum Gasteiger partial charge on any atom is -0.371 e. The Morgan fingerprint density at radius 1 is 0.892 bits per heavy atom. The zero-order chi connectivity index (χ0) is 28.4. The molecule has 0 N–H and O–H groups in total. The van der Waals surface area contributed by atoms with Gasteiger partial charge in [0.2, 0.25) is 0 Å². The highest BCUT2D eigenvalue weighted by Gasteiger charge is 2.81. The second-order valence-corrected chi connectivity index (χ2v) is 9.66. The van der Waals surface area contributed by atoms with Gasteiger partial charge in [-0.1, -0.05) is 51.4 Å². The number of alkyl halides is 9. The predicted octanol–water partition coefficient (Wildman–Crippen LogP) is 7.49. The molecule has 0 saturated carbocycles. The van der Waals surface area contributed by atoms with E-state index >= 15 is 0 Å². The van der Waals surface area contributed by atoms with Crippen molar-refractivity contribution < 1.29 is 49.1 Å². The van der Waals surface area contributed by atoms with Gasteiger partial charge in [-0.15, -0.1) is 0 Å². The average molecular weight is 546 g/mol. The number of oxime groups is 1. The fraction of sp³-hybridized carbons (Fsp3) is 0.583. The minimum atomic E-state index is -6.91. The second kappa shape index (κ2) is 10.6. The van der Waals surface area contributed by atoms with Gasteiger partial charge in [-0.25, -0.2) is 4.79 Å². The highest BCUT2D eigenvalue weighted by atomic mass is 19.4. The number of halogens is 9. The molecule has 0 aromatic heterocycles. The normalized spacial score (nSPS) is 16.7. The van der Waals surface area contributed by atoms with E-state index in [-0.39, 0.29) is 17.8 Å². The van der Waals surface area contributed by atoms with Gasteiger partial charge in [-0.05, 0) is 30.2 Å². The zero-order valence-electron chi connectivity index (χ0n) is 20.5. The van der Waals surface area contributed by atoms with Crippen LogP contribution in [0.2, 0.25) is 0 Å². The SMILES string of the molecule is CCCCN(CCC(F)(F)C(F)(F)C(F)(F)C(F)(F)F)c1ccc(C=C2C(=O)ON=C2C(C)(C)C)cc1. The summed E-state index contributed by atoms with van der Waals surface area (Å²) in [6.07, 6.45) is -6.33. The standard InChI is InChI=1S/C24H27F9N2O2/c1-5-6-12-35(13-11-21(25,26)22(27,28)23(29,30)24(31,32)33)16-9-7-15(8-10-16)14-17-18(20(2,3)4)34-37-19(17)36/h7-10,14H,5-6,11-13H2,1-4H3. The molecule has 0 bridgehead atoms. The summed E-state index contributed by atoms with van der Waals surface area (Å²) in [4.78, 5) is 18.0. The zero-order valence-corrected chi connectivity index (χ0v) is 20.5. The predicted molar refractivity (Wildman–Crippen MR) is 120 cm³/mol. The first-order valence-corrected chi connectivity index (χ1v) is 11.3. The maximum Gasteiger partial charge on any atom is 0.460 e. The second-order valence-electron chi connectivity index (χ2n) is 9.66. The van der Waals surface area contributed by atoms with Crippen LogP contribution in [0, 0.1) is 5.41 Å². The first kappa shape index (κ1) is 30.5. The Labute approximate surface area is 208 Å². The fourth-order valence-electron chi connectivity index (χ4n) is 3.46. The Morgan fingerprint density at radius 3 is 1.95 bits per heavy atom. The monoisotopic (exact) mass is 546 g/mol. The van der Waals surface area contributed by atoms with Crippen molar-refractivity contribution in [2.75, 3.05) is 18.0 Å². The van der Waals surface area contributed by atoms with Crippen LogP contribution in [0.1, 0.15) is 52.5 Å². The Bertz CT molecular complexity index is 1020. The molecule has 4 nitrogen and oxygen atoms in total. The molecule has 1 heterocycles. The lowest BCUT2D eigenvalue weighted by Crippen LogP contribution is -2.61.